The number of carbonyl (C=O) groups is 1. The molecule has 1 aromatic rings. The van der Waals surface area contributed by atoms with E-state index in [-0.39, 0.29) is 24.7 Å². The fourth-order valence-electron chi connectivity index (χ4n) is 2.36. The Labute approximate surface area is 123 Å². The van der Waals surface area contributed by atoms with Crippen molar-refractivity contribution < 1.29 is 14.6 Å². The molecule has 1 amide bonds. The Morgan fingerprint density at radius 3 is 3.10 bits per heavy atom. The van der Waals surface area contributed by atoms with Crippen molar-refractivity contribution in [3.8, 4) is 0 Å². The van der Waals surface area contributed by atoms with Crippen LogP contribution in [0.15, 0.2) is 5.38 Å². The fraction of sp³-hybridized carbons (Fsp3) is 0.714. The van der Waals surface area contributed by atoms with Crippen LogP contribution < -0.4 is 0 Å². The van der Waals surface area contributed by atoms with Gasteiger partial charge in [0, 0.05) is 18.3 Å². The maximum Gasteiger partial charge on any atom is 0.222 e. The highest BCUT2D eigenvalue weighted by Crippen LogP contribution is 2.15. The van der Waals surface area contributed by atoms with Crippen LogP contribution >= 0.6 is 11.3 Å². The molecule has 1 N–H and O–H groups in total. The van der Waals surface area contributed by atoms with Crippen molar-refractivity contribution in [2.75, 3.05) is 19.8 Å². The summed E-state index contributed by atoms with van der Waals surface area (Å²) in [7, 11) is 0. The van der Waals surface area contributed by atoms with Crippen LogP contribution in [0.25, 0.3) is 0 Å². The largest absolute Gasteiger partial charge is 0.394 e. The minimum absolute atomic E-state index is 0.0331. The van der Waals surface area contributed by atoms with Crippen LogP contribution in [0.3, 0.4) is 0 Å². The van der Waals surface area contributed by atoms with Gasteiger partial charge in [0.1, 0.15) is 0 Å². The number of aliphatic hydroxyl groups is 1. The Morgan fingerprint density at radius 1 is 1.65 bits per heavy atom. The second-order valence-electron chi connectivity index (χ2n) is 5.24. The topological polar surface area (TPSA) is 62.7 Å². The van der Waals surface area contributed by atoms with Crippen LogP contribution in [0.1, 0.15) is 30.5 Å². The summed E-state index contributed by atoms with van der Waals surface area (Å²) in [5.41, 5.74) is 1.07. The van der Waals surface area contributed by atoms with Gasteiger partial charge in [-0.25, -0.2) is 4.98 Å². The quantitative estimate of drug-likeness (QED) is 0.892. The standard InChI is InChI=1S/C14H22N2O3S/c1-10-8-19-13(7-17)6-16(10)14(18)5-3-4-12-9-20-11(2)15-12/h9-10,13,17H,3-8H2,1-2H3. The first-order chi connectivity index (χ1) is 9.60. The molecule has 20 heavy (non-hydrogen) atoms. The van der Waals surface area contributed by atoms with Crippen LogP contribution in [0.5, 0.6) is 0 Å². The van der Waals surface area contributed by atoms with Gasteiger partial charge in [-0.3, -0.25) is 4.79 Å². The molecule has 0 aliphatic carbocycles. The molecule has 2 rings (SSSR count). The zero-order chi connectivity index (χ0) is 14.5. The van der Waals surface area contributed by atoms with Gasteiger partial charge in [0.2, 0.25) is 5.91 Å². The van der Waals surface area contributed by atoms with E-state index in [4.69, 9.17) is 9.84 Å². The van der Waals surface area contributed by atoms with Crippen LogP contribution in [0.2, 0.25) is 0 Å². The normalized spacial score (nSPS) is 23.1. The van der Waals surface area contributed by atoms with Crippen molar-refractivity contribution >= 4 is 17.2 Å². The summed E-state index contributed by atoms with van der Waals surface area (Å²) < 4.78 is 5.44. The Hall–Kier alpha value is -0.980. The first-order valence-corrected chi connectivity index (χ1v) is 7.91. The molecule has 112 valence electrons. The number of hydrogen-bond acceptors (Lipinski definition) is 5. The van der Waals surface area contributed by atoms with Gasteiger partial charge in [-0.05, 0) is 26.7 Å². The van der Waals surface area contributed by atoms with E-state index >= 15 is 0 Å². The molecule has 1 aliphatic rings. The highest BCUT2D eigenvalue weighted by atomic mass is 32.1. The molecule has 5 nitrogen and oxygen atoms in total. The molecule has 1 saturated heterocycles. The van der Waals surface area contributed by atoms with E-state index in [2.05, 4.69) is 10.4 Å². The lowest BCUT2D eigenvalue weighted by atomic mass is 10.1. The number of aryl methyl sites for hydroxylation is 2. The van der Waals surface area contributed by atoms with Gasteiger partial charge in [-0.2, -0.15) is 0 Å². The highest BCUT2D eigenvalue weighted by Gasteiger charge is 2.28. The van der Waals surface area contributed by atoms with Crippen molar-refractivity contribution in [2.24, 2.45) is 0 Å². The molecule has 0 aromatic carbocycles. The Balaban J connectivity index is 1.78. The summed E-state index contributed by atoms with van der Waals surface area (Å²) in [6, 6.07) is 0.0896. The lowest BCUT2D eigenvalue weighted by molar-refractivity contribution is -0.146. The Bertz CT molecular complexity index is 449. The van der Waals surface area contributed by atoms with Crippen LogP contribution in [-0.4, -0.2) is 52.8 Å². The average molecular weight is 298 g/mol. The monoisotopic (exact) mass is 298 g/mol. The zero-order valence-electron chi connectivity index (χ0n) is 12.0. The van der Waals surface area contributed by atoms with Crippen molar-refractivity contribution in [1.29, 1.82) is 0 Å². The van der Waals surface area contributed by atoms with Crippen molar-refractivity contribution in [2.45, 2.75) is 45.3 Å². The van der Waals surface area contributed by atoms with Crippen molar-refractivity contribution in [1.82, 2.24) is 9.88 Å². The van der Waals surface area contributed by atoms with Crippen LogP contribution in [0, 0.1) is 6.92 Å². The lowest BCUT2D eigenvalue weighted by Gasteiger charge is -2.37. The predicted octanol–water partition coefficient (Wildman–Crippen LogP) is 1.38. The molecule has 0 saturated carbocycles. The van der Waals surface area contributed by atoms with E-state index < -0.39 is 0 Å². The maximum absolute atomic E-state index is 12.2. The summed E-state index contributed by atoms with van der Waals surface area (Å²) >= 11 is 1.64. The van der Waals surface area contributed by atoms with Crippen molar-refractivity contribution in [3.63, 3.8) is 0 Å². The third-order valence-electron chi connectivity index (χ3n) is 3.52. The lowest BCUT2D eigenvalue weighted by Crippen LogP contribution is -2.52. The molecule has 2 unspecified atom stereocenters. The molecule has 0 radical (unpaired) electrons. The number of hydrogen-bond donors (Lipinski definition) is 1. The number of nitrogens with zero attached hydrogens (tertiary/aromatic N) is 2. The fourth-order valence-corrected chi connectivity index (χ4v) is 3.01. The zero-order valence-corrected chi connectivity index (χ0v) is 12.9. The van der Waals surface area contributed by atoms with E-state index in [1.54, 1.807) is 11.3 Å². The summed E-state index contributed by atoms with van der Waals surface area (Å²) in [5, 5.41) is 12.3. The van der Waals surface area contributed by atoms with Gasteiger partial charge in [0.15, 0.2) is 0 Å². The molecule has 0 bridgehead atoms. The SMILES string of the molecule is Cc1nc(CCCC(=O)N2CC(CO)OCC2C)cs1. The highest BCUT2D eigenvalue weighted by molar-refractivity contribution is 7.09. The van der Waals surface area contributed by atoms with Gasteiger partial charge >= 0.3 is 0 Å². The summed E-state index contributed by atoms with van der Waals surface area (Å²) in [6.45, 7) is 4.93. The van der Waals surface area contributed by atoms with Gasteiger partial charge in [-0.1, -0.05) is 0 Å². The molecular formula is C14H22N2O3S. The number of aromatic nitrogens is 1. The molecule has 2 heterocycles. The van der Waals surface area contributed by atoms with E-state index in [1.165, 1.54) is 0 Å². The summed E-state index contributed by atoms with van der Waals surface area (Å²) in [6.07, 6.45) is 1.95. The predicted molar refractivity (Wildman–Crippen MR) is 77.8 cm³/mol. The minimum atomic E-state index is -0.239. The van der Waals surface area contributed by atoms with E-state index in [1.807, 2.05) is 18.7 Å². The Kier molecular flexibility index (Phi) is 5.51. The van der Waals surface area contributed by atoms with E-state index in [0.717, 1.165) is 23.5 Å². The number of amides is 1. The second-order valence-corrected chi connectivity index (χ2v) is 6.31. The third-order valence-corrected chi connectivity index (χ3v) is 4.34. The molecule has 1 aromatic heterocycles. The van der Waals surface area contributed by atoms with Gasteiger partial charge < -0.3 is 14.7 Å². The first kappa shape index (κ1) is 15.4. The number of aliphatic hydroxyl groups excluding tert-OH is 1. The van der Waals surface area contributed by atoms with Crippen LogP contribution in [-0.2, 0) is 16.0 Å². The third kappa shape index (κ3) is 4.01. The number of rotatable bonds is 5. The summed E-state index contributed by atoms with van der Waals surface area (Å²) in [4.78, 5) is 18.5. The van der Waals surface area contributed by atoms with Crippen molar-refractivity contribution in [3.05, 3.63) is 16.1 Å². The average Bonchev–Trinajstić information content (AvgIpc) is 2.85. The molecule has 6 heteroatoms. The first-order valence-electron chi connectivity index (χ1n) is 7.03. The van der Waals surface area contributed by atoms with Crippen LogP contribution in [0.4, 0.5) is 0 Å². The summed E-state index contributed by atoms with van der Waals surface area (Å²) in [5.74, 6) is 0.145. The number of thiazole rings is 1. The molecule has 0 spiro atoms. The van der Waals surface area contributed by atoms with Gasteiger partial charge in [-0.15, -0.1) is 11.3 Å². The number of morpholine rings is 1. The van der Waals surface area contributed by atoms with Gasteiger partial charge in [0.25, 0.3) is 0 Å². The smallest absolute Gasteiger partial charge is 0.222 e. The maximum atomic E-state index is 12.2. The Morgan fingerprint density at radius 2 is 2.45 bits per heavy atom. The second kappa shape index (κ2) is 7.15. The number of ether oxygens (including phenoxy) is 1. The van der Waals surface area contributed by atoms with E-state index in [9.17, 15) is 4.79 Å². The van der Waals surface area contributed by atoms with E-state index in [0.29, 0.717) is 19.6 Å². The molecule has 1 fully saturated rings. The molecular weight excluding hydrogens is 276 g/mol. The minimum Gasteiger partial charge on any atom is -0.394 e. The molecule has 2 atom stereocenters. The molecule has 1 aliphatic heterocycles. The number of carbonyl (C=O) groups excluding carboxylic acids is 1. The van der Waals surface area contributed by atoms with Gasteiger partial charge in [0.05, 0.1) is 36.1 Å².